The van der Waals surface area contributed by atoms with Crippen molar-refractivity contribution in [2.24, 2.45) is 4.99 Å². The third-order valence-electron chi connectivity index (χ3n) is 4.61. The minimum atomic E-state index is -3.21. The molecule has 4 heteroatoms. The quantitative estimate of drug-likeness (QED) is 0.235. The van der Waals surface area contributed by atoms with Gasteiger partial charge in [-0.1, -0.05) is 72.8 Å². The van der Waals surface area contributed by atoms with Gasteiger partial charge in [-0.25, -0.2) is 4.99 Å². The summed E-state index contributed by atoms with van der Waals surface area (Å²) >= 11 is 0. The van der Waals surface area contributed by atoms with E-state index in [1.165, 1.54) is 0 Å². The van der Waals surface area contributed by atoms with Gasteiger partial charge in [0, 0.05) is 16.3 Å². The summed E-state index contributed by atoms with van der Waals surface area (Å²) in [5, 5.41) is 1.52. The van der Waals surface area contributed by atoms with Crippen LogP contribution < -0.4 is 15.3 Å². The first-order chi connectivity index (χ1) is 14.3. The molecule has 0 spiro atoms. The number of hydrogen-bond donors (Lipinski definition) is 0. The molecule has 29 heavy (non-hydrogen) atoms. The summed E-state index contributed by atoms with van der Waals surface area (Å²) in [7, 11) is -3.21. The molecular formula is C25H21N2OP. The zero-order valence-corrected chi connectivity index (χ0v) is 16.8. The van der Waals surface area contributed by atoms with Crippen molar-refractivity contribution in [1.82, 2.24) is 0 Å². The van der Waals surface area contributed by atoms with Crippen LogP contribution in [0, 0.1) is 0 Å². The maximum Gasteiger partial charge on any atom is 0.234 e. The number of aliphatic imine (C=N–C) groups is 1. The van der Waals surface area contributed by atoms with Gasteiger partial charge in [0.05, 0.1) is 5.69 Å². The number of hydrogen-bond acceptors (Lipinski definition) is 2. The second kappa shape index (κ2) is 8.72. The van der Waals surface area contributed by atoms with Gasteiger partial charge in [-0.2, -0.15) is 0 Å². The van der Waals surface area contributed by atoms with E-state index in [2.05, 4.69) is 4.99 Å². The molecule has 142 valence electrons. The predicted octanol–water partition coefficient (Wildman–Crippen LogP) is 5.78. The first-order valence-electron chi connectivity index (χ1n) is 9.44. The van der Waals surface area contributed by atoms with E-state index in [9.17, 15) is 4.57 Å². The molecule has 0 saturated heterocycles. The molecule has 4 rings (SSSR count). The minimum Gasteiger partial charge on any atom is -0.289 e. The lowest BCUT2D eigenvalue weighted by molar-refractivity contribution is 0.588. The van der Waals surface area contributed by atoms with Gasteiger partial charge < -0.3 is 0 Å². The van der Waals surface area contributed by atoms with Crippen LogP contribution in [0.15, 0.2) is 126 Å². The van der Waals surface area contributed by atoms with E-state index in [-0.39, 0.29) is 0 Å². The molecule has 0 N–H and O–H groups in total. The Morgan fingerprint density at radius 2 is 1.00 bits per heavy atom. The lowest BCUT2D eigenvalue weighted by atomic mass is 10.3. The molecule has 0 aliphatic carbocycles. The van der Waals surface area contributed by atoms with Crippen molar-refractivity contribution in [3.63, 3.8) is 0 Å². The molecule has 0 saturated carbocycles. The van der Waals surface area contributed by atoms with E-state index in [1.54, 1.807) is 6.34 Å². The van der Waals surface area contributed by atoms with Crippen molar-refractivity contribution in [2.75, 3.05) is 4.67 Å². The molecule has 0 aliphatic heterocycles. The lowest BCUT2D eigenvalue weighted by Gasteiger charge is -2.31. The van der Waals surface area contributed by atoms with Crippen LogP contribution in [0.25, 0.3) is 0 Å². The molecule has 0 aliphatic rings. The summed E-state index contributed by atoms with van der Waals surface area (Å²) in [4.78, 5) is 4.63. The highest BCUT2D eigenvalue weighted by Gasteiger charge is 2.34. The zero-order valence-electron chi connectivity index (χ0n) is 15.9. The van der Waals surface area contributed by atoms with Crippen LogP contribution in [-0.4, -0.2) is 6.34 Å². The summed E-state index contributed by atoms with van der Waals surface area (Å²) in [6.45, 7) is 0. The van der Waals surface area contributed by atoms with Crippen LogP contribution in [0.3, 0.4) is 0 Å². The smallest absolute Gasteiger partial charge is 0.234 e. The molecule has 0 bridgehead atoms. The monoisotopic (exact) mass is 396 g/mol. The summed E-state index contributed by atoms with van der Waals surface area (Å²) < 4.78 is 16.6. The van der Waals surface area contributed by atoms with Gasteiger partial charge in [0.2, 0.25) is 7.29 Å². The molecular weight excluding hydrogens is 375 g/mol. The number of rotatable bonds is 6. The summed E-state index contributed by atoms with van der Waals surface area (Å²) in [6, 6.07) is 38.6. The predicted molar refractivity (Wildman–Crippen MR) is 123 cm³/mol. The maximum atomic E-state index is 14.8. The Morgan fingerprint density at radius 3 is 1.48 bits per heavy atom. The van der Waals surface area contributed by atoms with Crippen LogP contribution in [0.4, 0.5) is 11.4 Å². The van der Waals surface area contributed by atoms with Crippen LogP contribution in [0.2, 0.25) is 0 Å². The van der Waals surface area contributed by atoms with Gasteiger partial charge >= 0.3 is 0 Å². The Hall–Kier alpha value is -3.42. The molecule has 0 unspecified atom stereocenters. The van der Waals surface area contributed by atoms with Gasteiger partial charge in [0.1, 0.15) is 6.34 Å². The van der Waals surface area contributed by atoms with Crippen LogP contribution >= 0.6 is 7.29 Å². The van der Waals surface area contributed by atoms with E-state index < -0.39 is 7.29 Å². The first-order valence-corrected chi connectivity index (χ1v) is 11.1. The highest BCUT2D eigenvalue weighted by atomic mass is 31.2. The second-order valence-electron chi connectivity index (χ2n) is 6.51. The van der Waals surface area contributed by atoms with E-state index >= 15 is 0 Å². The molecule has 0 heterocycles. The fourth-order valence-electron chi connectivity index (χ4n) is 3.18. The van der Waals surface area contributed by atoms with Crippen LogP contribution in [0.5, 0.6) is 0 Å². The number of nitrogens with zero attached hydrogens (tertiary/aromatic N) is 2. The fraction of sp³-hybridized carbons (Fsp3) is 0. The average molecular weight is 396 g/mol. The Labute approximate surface area is 171 Å². The Kier molecular flexibility index (Phi) is 5.69. The van der Waals surface area contributed by atoms with Gasteiger partial charge in [-0.3, -0.25) is 9.24 Å². The van der Waals surface area contributed by atoms with E-state index in [4.69, 9.17) is 0 Å². The third kappa shape index (κ3) is 4.06. The van der Waals surface area contributed by atoms with Crippen molar-refractivity contribution in [2.45, 2.75) is 0 Å². The first kappa shape index (κ1) is 18.9. The van der Waals surface area contributed by atoms with Crippen LogP contribution in [-0.2, 0) is 4.57 Å². The highest BCUT2D eigenvalue weighted by Crippen LogP contribution is 2.49. The second-order valence-corrected chi connectivity index (χ2v) is 9.12. The Bertz CT molecular complexity index is 1070. The number of para-hydroxylation sites is 2. The molecule has 0 amide bonds. The molecule has 0 fully saturated rings. The van der Waals surface area contributed by atoms with E-state index in [0.29, 0.717) is 0 Å². The fourth-order valence-corrected chi connectivity index (χ4v) is 5.78. The molecule has 4 aromatic rings. The summed E-state index contributed by atoms with van der Waals surface area (Å²) in [5.74, 6) is 0. The summed E-state index contributed by atoms with van der Waals surface area (Å²) in [5.41, 5.74) is 1.63. The normalized spacial score (nSPS) is 11.4. The van der Waals surface area contributed by atoms with Gasteiger partial charge in [-0.15, -0.1) is 0 Å². The number of benzene rings is 4. The maximum absolute atomic E-state index is 14.8. The zero-order chi connectivity index (χ0) is 19.9. The number of anilines is 1. The van der Waals surface area contributed by atoms with Crippen LogP contribution in [0.1, 0.15) is 0 Å². The Balaban J connectivity index is 1.92. The average Bonchev–Trinajstić information content (AvgIpc) is 2.81. The molecule has 4 aromatic carbocycles. The van der Waals surface area contributed by atoms with E-state index in [1.807, 2.05) is 126 Å². The molecule has 0 atom stereocenters. The minimum absolute atomic E-state index is 0.759. The van der Waals surface area contributed by atoms with Gasteiger partial charge in [-0.05, 0) is 48.5 Å². The largest absolute Gasteiger partial charge is 0.289 e. The molecule has 0 radical (unpaired) electrons. The third-order valence-corrected chi connectivity index (χ3v) is 7.55. The topological polar surface area (TPSA) is 32.7 Å². The van der Waals surface area contributed by atoms with E-state index in [0.717, 1.165) is 22.0 Å². The van der Waals surface area contributed by atoms with Crippen molar-refractivity contribution in [3.8, 4) is 0 Å². The lowest BCUT2D eigenvalue weighted by Crippen LogP contribution is -2.31. The molecule has 0 aromatic heterocycles. The van der Waals surface area contributed by atoms with Crippen molar-refractivity contribution >= 4 is 35.6 Å². The van der Waals surface area contributed by atoms with Gasteiger partial charge in [0.15, 0.2) is 0 Å². The molecule has 3 nitrogen and oxygen atoms in total. The highest BCUT2D eigenvalue weighted by molar-refractivity contribution is 7.80. The Morgan fingerprint density at radius 1 is 0.586 bits per heavy atom. The van der Waals surface area contributed by atoms with Crippen molar-refractivity contribution in [1.29, 1.82) is 0 Å². The van der Waals surface area contributed by atoms with Gasteiger partial charge in [0.25, 0.3) is 0 Å². The standard InChI is InChI=1S/C25H21N2OP/c28-29(24-17-9-3-10-18-24,25-19-11-4-12-20-25)27(23-15-7-2-8-16-23)21-26-22-13-5-1-6-14-22/h1-21H. The SMILES string of the molecule is O=P(c1ccccc1)(c1ccccc1)N(C=Nc1ccccc1)c1ccccc1. The van der Waals surface area contributed by atoms with Crippen molar-refractivity contribution < 1.29 is 4.57 Å². The summed E-state index contributed by atoms with van der Waals surface area (Å²) in [6.07, 6.45) is 1.69. The van der Waals surface area contributed by atoms with Crippen molar-refractivity contribution in [3.05, 3.63) is 121 Å².